The number of benzene rings is 2. The molecule has 0 saturated heterocycles. The molecule has 6 nitrogen and oxygen atoms in total. The van der Waals surface area contributed by atoms with E-state index >= 15 is 0 Å². The van der Waals surface area contributed by atoms with Crippen LogP contribution in [-0.4, -0.2) is 16.6 Å². The summed E-state index contributed by atoms with van der Waals surface area (Å²) in [6.45, 7) is -0.108. The minimum Gasteiger partial charge on any atom is -0.450 e. The first-order chi connectivity index (χ1) is 10.5. The van der Waals surface area contributed by atoms with Gasteiger partial charge in [-0.25, -0.2) is 4.39 Å². The lowest BCUT2D eigenvalue weighted by Gasteiger charge is -2.12. The van der Waals surface area contributed by atoms with Gasteiger partial charge in [0, 0.05) is 18.7 Å². The Kier molecular flexibility index (Phi) is 6.89. The summed E-state index contributed by atoms with van der Waals surface area (Å²) >= 11 is 0. The van der Waals surface area contributed by atoms with Gasteiger partial charge in [0.25, 0.3) is 0 Å². The van der Waals surface area contributed by atoms with Crippen LogP contribution in [0.4, 0.5) is 10.1 Å². The molecule has 3 N–H and O–H groups in total. The van der Waals surface area contributed by atoms with E-state index in [2.05, 4.69) is 0 Å². The van der Waals surface area contributed by atoms with Crippen molar-refractivity contribution in [1.82, 2.24) is 0 Å². The first-order valence-electron chi connectivity index (χ1n) is 6.59. The summed E-state index contributed by atoms with van der Waals surface area (Å²) < 4.78 is 18.3. The van der Waals surface area contributed by atoms with Crippen LogP contribution in [0.25, 0.3) is 0 Å². The third-order valence-corrected chi connectivity index (χ3v) is 3.09. The van der Waals surface area contributed by atoms with Gasteiger partial charge in [0.2, 0.25) is 5.75 Å². The van der Waals surface area contributed by atoms with Crippen LogP contribution >= 0.6 is 12.4 Å². The van der Waals surface area contributed by atoms with Crippen LogP contribution in [-0.2, 0) is 0 Å². The summed E-state index contributed by atoms with van der Waals surface area (Å²) in [6, 6.07) is 9.02. The van der Waals surface area contributed by atoms with E-state index in [0.29, 0.717) is 12.0 Å². The monoisotopic (exact) mass is 342 g/mol. The van der Waals surface area contributed by atoms with Gasteiger partial charge in [-0.2, -0.15) is 0 Å². The Hall–Kier alpha value is -2.22. The van der Waals surface area contributed by atoms with Crippen molar-refractivity contribution < 1.29 is 19.2 Å². The third kappa shape index (κ3) is 4.88. The second kappa shape index (κ2) is 8.42. The third-order valence-electron chi connectivity index (χ3n) is 3.09. The van der Waals surface area contributed by atoms with E-state index in [9.17, 15) is 14.5 Å². The quantitative estimate of drug-likeness (QED) is 0.619. The number of aliphatic hydroxyl groups is 1. The van der Waals surface area contributed by atoms with Crippen molar-refractivity contribution in [2.45, 2.75) is 12.5 Å². The maximum Gasteiger partial charge on any atom is 0.311 e. The van der Waals surface area contributed by atoms with Crippen LogP contribution in [0.15, 0.2) is 42.5 Å². The minimum absolute atomic E-state index is 0. The molecule has 0 aliphatic heterocycles. The van der Waals surface area contributed by atoms with E-state index in [1.165, 1.54) is 36.4 Å². The van der Waals surface area contributed by atoms with Gasteiger partial charge >= 0.3 is 5.69 Å². The van der Waals surface area contributed by atoms with Gasteiger partial charge in [0.1, 0.15) is 11.6 Å². The number of rotatable bonds is 6. The Labute approximate surface area is 138 Å². The molecule has 1 unspecified atom stereocenters. The molecule has 0 aliphatic rings. The number of nitrogens with zero attached hydrogens (tertiary/aromatic N) is 1. The smallest absolute Gasteiger partial charge is 0.311 e. The minimum atomic E-state index is -0.575. The molecule has 0 aliphatic carbocycles. The van der Waals surface area contributed by atoms with Crippen molar-refractivity contribution in [2.24, 2.45) is 5.73 Å². The lowest BCUT2D eigenvalue weighted by Crippen LogP contribution is -2.12. The van der Waals surface area contributed by atoms with E-state index in [1.54, 1.807) is 6.07 Å². The first-order valence-corrected chi connectivity index (χ1v) is 6.59. The summed E-state index contributed by atoms with van der Waals surface area (Å²) in [4.78, 5) is 10.6. The van der Waals surface area contributed by atoms with Crippen molar-refractivity contribution in [3.63, 3.8) is 0 Å². The van der Waals surface area contributed by atoms with Gasteiger partial charge in [0.15, 0.2) is 0 Å². The SMILES string of the molecule is Cl.NC(CCO)c1ccc(Oc2ccc(F)cc2)c([N+](=O)[O-])c1. The lowest BCUT2D eigenvalue weighted by atomic mass is 10.0. The van der Waals surface area contributed by atoms with Crippen molar-refractivity contribution in [2.75, 3.05) is 6.61 Å². The number of hydrogen-bond donors (Lipinski definition) is 2. The van der Waals surface area contributed by atoms with Crippen LogP contribution in [0.2, 0.25) is 0 Å². The molecule has 0 saturated carbocycles. The fourth-order valence-corrected chi connectivity index (χ4v) is 1.93. The van der Waals surface area contributed by atoms with E-state index in [0.717, 1.165) is 0 Å². The zero-order valence-corrected chi connectivity index (χ0v) is 12.8. The molecule has 0 spiro atoms. The van der Waals surface area contributed by atoms with Gasteiger partial charge in [-0.3, -0.25) is 10.1 Å². The Balaban J connectivity index is 0.00000264. The fourth-order valence-electron chi connectivity index (χ4n) is 1.93. The van der Waals surface area contributed by atoms with Gasteiger partial charge in [-0.1, -0.05) is 6.07 Å². The van der Waals surface area contributed by atoms with Crippen molar-refractivity contribution in [1.29, 1.82) is 0 Å². The maximum atomic E-state index is 12.8. The molecular weight excluding hydrogens is 327 g/mol. The van der Waals surface area contributed by atoms with Crippen LogP contribution in [0.3, 0.4) is 0 Å². The van der Waals surface area contributed by atoms with Crippen LogP contribution in [0.1, 0.15) is 18.0 Å². The van der Waals surface area contributed by atoms with Crippen molar-refractivity contribution >= 4 is 18.1 Å². The normalized spacial score (nSPS) is 11.4. The van der Waals surface area contributed by atoms with Gasteiger partial charge in [-0.05, 0) is 42.3 Å². The van der Waals surface area contributed by atoms with E-state index in [1.807, 2.05) is 0 Å². The topological polar surface area (TPSA) is 98.6 Å². The molecule has 0 amide bonds. The molecule has 0 aromatic heterocycles. The average Bonchev–Trinajstić information content (AvgIpc) is 2.50. The molecule has 0 radical (unpaired) electrons. The fraction of sp³-hybridized carbons (Fsp3) is 0.200. The molecule has 8 heteroatoms. The molecular formula is C15H16ClFN2O4. The molecule has 23 heavy (non-hydrogen) atoms. The summed E-state index contributed by atoms with van der Waals surface area (Å²) in [6.07, 6.45) is 0.301. The highest BCUT2D eigenvalue weighted by molar-refractivity contribution is 5.85. The molecule has 2 aromatic rings. The number of hydrogen-bond acceptors (Lipinski definition) is 5. The Morgan fingerprint density at radius 2 is 1.91 bits per heavy atom. The van der Waals surface area contributed by atoms with Crippen LogP contribution in [0.5, 0.6) is 11.5 Å². The molecule has 0 heterocycles. The molecule has 124 valence electrons. The summed E-state index contributed by atoms with van der Waals surface area (Å²) in [5.74, 6) is -0.0966. The van der Waals surface area contributed by atoms with Crippen molar-refractivity contribution in [3.05, 3.63) is 64.0 Å². The molecule has 1 atom stereocenters. The van der Waals surface area contributed by atoms with E-state index in [-0.39, 0.29) is 36.2 Å². The summed E-state index contributed by atoms with van der Waals surface area (Å²) in [5.41, 5.74) is 6.12. The molecule has 2 rings (SSSR count). The largest absolute Gasteiger partial charge is 0.450 e. The van der Waals surface area contributed by atoms with Gasteiger partial charge < -0.3 is 15.6 Å². The predicted octanol–water partition coefficient (Wildman–Crippen LogP) is 3.33. The second-order valence-corrected chi connectivity index (χ2v) is 4.66. The zero-order chi connectivity index (χ0) is 16.1. The molecule has 0 fully saturated rings. The summed E-state index contributed by atoms with van der Waals surface area (Å²) in [7, 11) is 0. The highest BCUT2D eigenvalue weighted by Crippen LogP contribution is 2.33. The zero-order valence-electron chi connectivity index (χ0n) is 12.0. The number of aliphatic hydroxyl groups excluding tert-OH is 1. The predicted molar refractivity (Wildman–Crippen MR) is 85.4 cm³/mol. The highest BCUT2D eigenvalue weighted by Gasteiger charge is 2.19. The standard InChI is InChI=1S/C15H15FN2O4.ClH/c16-11-2-4-12(5-3-11)22-15-6-1-10(13(17)7-8-19)9-14(15)18(20)21;/h1-6,9,13,19H,7-8,17H2;1H. The molecule has 0 bridgehead atoms. The highest BCUT2D eigenvalue weighted by atomic mass is 35.5. The number of nitrogens with two attached hydrogens (primary N) is 1. The maximum absolute atomic E-state index is 12.8. The Morgan fingerprint density at radius 3 is 2.48 bits per heavy atom. The number of halogens is 2. The van der Waals surface area contributed by atoms with Crippen LogP contribution < -0.4 is 10.5 Å². The van der Waals surface area contributed by atoms with E-state index in [4.69, 9.17) is 15.6 Å². The van der Waals surface area contributed by atoms with Gasteiger partial charge in [0.05, 0.1) is 4.92 Å². The van der Waals surface area contributed by atoms with Crippen molar-refractivity contribution in [3.8, 4) is 11.5 Å². The first kappa shape index (κ1) is 18.8. The Morgan fingerprint density at radius 1 is 1.26 bits per heavy atom. The average molecular weight is 343 g/mol. The van der Waals surface area contributed by atoms with Crippen LogP contribution in [0, 0.1) is 15.9 Å². The second-order valence-electron chi connectivity index (χ2n) is 4.66. The number of ether oxygens (including phenoxy) is 1. The van der Waals surface area contributed by atoms with E-state index < -0.39 is 16.8 Å². The lowest BCUT2D eigenvalue weighted by molar-refractivity contribution is -0.385. The number of nitro benzene ring substituents is 1. The number of nitro groups is 1. The van der Waals surface area contributed by atoms with Gasteiger partial charge in [-0.15, -0.1) is 12.4 Å². The summed E-state index contributed by atoms with van der Waals surface area (Å²) in [5, 5.41) is 20.1. The Bertz CT molecular complexity index is 667. The molecule has 2 aromatic carbocycles.